The van der Waals surface area contributed by atoms with E-state index in [9.17, 15) is 4.79 Å². The molecule has 0 amide bonds. The van der Waals surface area contributed by atoms with Gasteiger partial charge in [-0.05, 0) is 6.42 Å². The lowest BCUT2D eigenvalue weighted by Gasteiger charge is -2.36. The van der Waals surface area contributed by atoms with Gasteiger partial charge in [0.1, 0.15) is 0 Å². The van der Waals surface area contributed by atoms with Crippen LogP contribution in [0.3, 0.4) is 0 Å². The van der Waals surface area contributed by atoms with Gasteiger partial charge in [0.05, 0.1) is 6.10 Å². The van der Waals surface area contributed by atoms with Gasteiger partial charge in [0.2, 0.25) is 6.29 Å². The van der Waals surface area contributed by atoms with Crippen molar-refractivity contribution in [1.82, 2.24) is 0 Å². The molecule has 1 saturated heterocycles. The van der Waals surface area contributed by atoms with Gasteiger partial charge in [-0.2, -0.15) is 0 Å². The van der Waals surface area contributed by atoms with Crippen molar-refractivity contribution in [2.24, 2.45) is 5.92 Å². The van der Waals surface area contributed by atoms with E-state index in [4.69, 9.17) is 14.2 Å². The number of carbonyl (C=O) groups is 1. The molecular weight excluding hydrogens is 244 g/mol. The highest BCUT2D eigenvalue weighted by Crippen LogP contribution is 2.27. The van der Waals surface area contributed by atoms with Crippen LogP contribution >= 0.6 is 0 Å². The summed E-state index contributed by atoms with van der Waals surface area (Å²) in [5.74, 6) is -0.0318. The van der Waals surface area contributed by atoms with E-state index in [0.717, 1.165) is 12.8 Å². The Hall–Kier alpha value is -0.610. The van der Waals surface area contributed by atoms with Crippen molar-refractivity contribution < 1.29 is 19.0 Å². The van der Waals surface area contributed by atoms with Crippen LogP contribution in [0, 0.1) is 5.92 Å². The van der Waals surface area contributed by atoms with E-state index in [1.54, 1.807) is 0 Å². The maximum Gasteiger partial charge on any atom is 0.304 e. The van der Waals surface area contributed by atoms with Crippen molar-refractivity contribution in [2.75, 3.05) is 0 Å². The molecule has 1 fully saturated rings. The highest BCUT2D eigenvalue weighted by molar-refractivity contribution is 5.66. The quantitative estimate of drug-likeness (QED) is 0.524. The third-order valence-corrected chi connectivity index (χ3v) is 3.29. The zero-order chi connectivity index (χ0) is 14.3. The van der Waals surface area contributed by atoms with Gasteiger partial charge < -0.3 is 14.2 Å². The van der Waals surface area contributed by atoms with Gasteiger partial charge in [-0.25, -0.2) is 0 Å². The molecule has 0 aromatic heterocycles. The highest BCUT2D eigenvalue weighted by atomic mass is 16.8. The van der Waals surface area contributed by atoms with Crippen LogP contribution in [-0.4, -0.2) is 24.7 Å². The average Bonchev–Trinajstić information content (AvgIpc) is 2.33. The Morgan fingerprint density at radius 2 is 2.00 bits per heavy atom. The van der Waals surface area contributed by atoms with Crippen molar-refractivity contribution in [2.45, 2.75) is 84.9 Å². The van der Waals surface area contributed by atoms with Crippen LogP contribution < -0.4 is 0 Å². The number of esters is 1. The molecule has 0 spiro atoms. The molecular formula is C15H28O4. The fourth-order valence-electron chi connectivity index (χ4n) is 2.26. The number of hydrogen-bond donors (Lipinski definition) is 0. The monoisotopic (exact) mass is 272 g/mol. The van der Waals surface area contributed by atoms with Crippen molar-refractivity contribution in [3.8, 4) is 0 Å². The minimum absolute atomic E-state index is 0.141. The molecule has 0 aromatic carbocycles. The van der Waals surface area contributed by atoms with Crippen LogP contribution in [0.15, 0.2) is 0 Å². The lowest BCUT2D eigenvalue weighted by molar-refractivity contribution is -0.310. The molecule has 0 N–H and O–H groups in total. The van der Waals surface area contributed by atoms with Gasteiger partial charge in [0.25, 0.3) is 0 Å². The molecule has 19 heavy (non-hydrogen) atoms. The summed E-state index contributed by atoms with van der Waals surface area (Å²) in [6, 6.07) is 0. The molecule has 112 valence electrons. The second-order valence-electron chi connectivity index (χ2n) is 5.63. The SMILES string of the molecule is CCCCCC[C@H]1CC(OC(C)=O)O[C@@H](C(C)C)O1. The van der Waals surface area contributed by atoms with Gasteiger partial charge in [-0.15, -0.1) is 0 Å². The average molecular weight is 272 g/mol. The Balaban J connectivity index is 2.43. The molecule has 1 heterocycles. The van der Waals surface area contributed by atoms with E-state index in [0.29, 0.717) is 6.42 Å². The van der Waals surface area contributed by atoms with Crippen LogP contribution in [0.5, 0.6) is 0 Å². The maximum absolute atomic E-state index is 11.1. The van der Waals surface area contributed by atoms with E-state index in [-0.39, 0.29) is 24.3 Å². The van der Waals surface area contributed by atoms with Crippen molar-refractivity contribution in [1.29, 1.82) is 0 Å². The number of rotatable bonds is 7. The number of unbranched alkanes of at least 4 members (excludes halogenated alkanes) is 3. The third kappa shape index (κ3) is 6.39. The van der Waals surface area contributed by atoms with E-state index in [2.05, 4.69) is 20.8 Å². The Morgan fingerprint density at radius 1 is 1.26 bits per heavy atom. The van der Waals surface area contributed by atoms with E-state index in [1.165, 1.54) is 26.2 Å². The second kappa shape index (κ2) is 8.54. The summed E-state index contributed by atoms with van der Waals surface area (Å²) in [5, 5.41) is 0. The molecule has 0 bridgehead atoms. The van der Waals surface area contributed by atoms with Gasteiger partial charge in [-0.1, -0.05) is 46.5 Å². The lowest BCUT2D eigenvalue weighted by Crippen LogP contribution is -2.42. The molecule has 1 aliphatic rings. The van der Waals surface area contributed by atoms with Crippen molar-refractivity contribution >= 4 is 5.97 Å². The predicted molar refractivity (Wildman–Crippen MR) is 73.5 cm³/mol. The Kier molecular flexibility index (Phi) is 7.39. The first-order valence-electron chi connectivity index (χ1n) is 7.51. The summed E-state index contributed by atoms with van der Waals surface area (Å²) in [4.78, 5) is 11.1. The van der Waals surface area contributed by atoms with Crippen LogP contribution in [0.4, 0.5) is 0 Å². The summed E-state index contributed by atoms with van der Waals surface area (Å²) in [7, 11) is 0. The number of ether oxygens (including phenoxy) is 3. The standard InChI is InChI=1S/C15H28O4/c1-5-6-7-8-9-13-10-14(17-12(4)16)19-15(18-13)11(2)3/h11,13-15H,5-10H2,1-4H3/t13-,14?,15-/m0/s1. The molecule has 4 heteroatoms. The minimum Gasteiger partial charge on any atom is -0.436 e. The molecule has 3 atom stereocenters. The summed E-state index contributed by atoms with van der Waals surface area (Å²) < 4.78 is 16.8. The molecule has 0 aromatic rings. The van der Waals surface area contributed by atoms with Crippen molar-refractivity contribution in [3.63, 3.8) is 0 Å². The molecule has 0 saturated carbocycles. The van der Waals surface area contributed by atoms with Crippen LogP contribution in [0.25, 0.3) is 0 Å². The second-order valence-corrected chi connectivity index (χ2v) is 5.63. The van der Waals surface area contributed by atoms with Crippen molar-refractivity contribution in [3.05, 3.63) is 0 Å². The van der Waals surface area contributed by atoms with E-state index < -0.39 is 6.29 Å². The number of hydrogen-bond acceptors (Lipinski definition) is 4. The summed E-state index contributed by atoms with van der Waals surface area (Å²) in [5.41, 5.74) is 0. The van der Waals surface area contributed by atoms with Gasteiger partial charge in [0.15, 0.2) is 6.29 Å². The zero-order valence-corrected chi connectivity index (χ0v) is 12.7. The summed E-state index contributed by atoms with van der Waals surface area (Å²) in [6.07, 6.45) is 5.99. The number of carbonyl (C=O) groups excluding carboxylic acids is 1. The largest absolute Gasteiger partial charge is 0.436 e. The molecule has 4 nitrogen and oxygen atoms in total. The zero-order valence-electron chi connectivity index (χ0n) is 12.7. The molecule has 0 aliphatic carbocycles. The molecule has 1 aliphatic heterocycles. The Labute approximate surface area is 116 Å². The fourth-order valence-corrected chi connectivity index (χ4v) is 2.26. The maximum atomic E-state index is 11.1. The summed E-state index contributed by atoms with van der Waals surface area (Å²) in [6.45, 7) is 7.72. The van der Waals surface area contributed by atoms with Gasteiger partial charge in [0, 0.05) is 19.3 Å². The first-order chi connectivity index (χ1) is 9.02. The van der Waals surface area contributed by atoms with Gasteiger partial charge in [-0.3, -0.25) is 4.79 Å². The Morgan fingerprint density at radius 3 is 2.58 bits per heavy atom. The highest BCUT2D eigenvalue weighted by Gasteiger charge is 2.33. The smallest absolute Gasteiger partial charge is 0.304 e. The van der Waals surface area contributed by atoms with Crippen LogP contribution in [0.2, 0.25) is 0 Å². The van der Waals surface area contributed by atoms with Crippen LogP contribution in [-0.2, 0) is 19.0 Å². The predicted octanol–water partition coefficient (Wildman–Crippen LogP) is 3.63. The van der Waals surface area contributed by atoms with Crippen LogP contribution in [0.1, 0.15) is 66.2 Å². The summed E-state index contributed by atoms with van der Waals surface area (Å²) >= 11 is 0. The lowest BCUT2D eigenvalue weighted by atomic mass is 10.0. The van der Waals surface area contributed by atoms with E-state index >= 15 is 0 Å². The molecule has 1 unspecified atom stereocenters. The molecule has 1 rings (SSSR count). The van der Waals surface area contributed by atoms with E-state index in [1.807, 2.05) is 0 Å². The minimum atomic E-state index is -0.449. The molecule has 0 radical (unpaired) electrons. The third-order valence-electron chi connectivity index (χ3n) is 3.29. The first-order valence-corrected chi connectivity index (χ1v) is 7.51. The Bertz CT molecular complexity index is 265. The fraction of sp³-hybridized carbons (Fsp3) is 0.933. The normalized spacial score (nSPS) is 27.5. The topological polar surface area (TPSA) is 44.8 Å². The van der Waals surface area contributed by atoms with Gasteiger partial charge >= 0.3 is 5.97 Å². The first kappa shape index (κ1) is 16.4.